The van der Waals surface area contributed by atoms with Crippen LogP contribution < -0.4 is 10.6 Å². The molecule has 0 spiro atoms. The molecular formula is C18H23ClN2O4. The van der Waals surface area contributed by atoms with Crippen LogP contribution >= 0.6 is 11.6 Å². The molecule has 25 heavy (non-hydrogen) atoms. The zero-order valence-corrected chi connectivity index (χ0v) is 15.1. The predicted octanol–water partition coefficient (Wildman–Crippen LogP) is 3.31. The number of hydrogen-bond acceptors (Lipinski definition) is 3. The van der Waals surface area contributed by atoms with Gasteiger partial charge in [-0.1, -0.05) is 38.3 Å². The highest BCUT2D eigenvalue weighted by atomic mass is 35.5. The molecule has 1 saturated carbocycles. The third-order valence-electron chi connectivity index (χ3n) is 3.96. The van der Waals surface area contributed by atoms with Crippen molar-refractivity contribution < 1.29 is 19.5 Å². The molecule has 136 valence electrons. The highest BCUT2D eigenvalue weighted by Crippen LogP contribution is 2.33. The quantitative estimate of drug-likeness (QED) is 0.657. The molecule has 2 amide bonds. The summed E-state index contributed by atoms with van der Waals surface area (Å²) in [5.41, 5.74) is 0.598. The first kappa shape index (κ1) is 19.2. The Balaban J connectivity index is 2.08. The summed E-state index contributed by atoms with van der Waals surface area (Å²) in [7, 11) is 0. The van der Waals surface area contributed by atoms with Crippen LogP contribution in [0.15, 0.2) is 18.2 Å². The van der Waals surface area contributed by atoms with Gasteiger partial charge in [0.25, 0.3) is 5.91 Å². The zero-order chi connectivity index (χ0) is 18.6. The van der Waals surface area contributed by atoms with Crippen molar-refractivity contribution in [3.8, 4) is 0 Å². The SMILES string of the molecule is CC(C)CC(=O)Nc1ccc(Cl)c(C(=O)NC(CC2CC2)C(=O)O)c1. The summed E-state index contributed by atoms with van der Waals surface area (Å²) in [6.07, 6.45) is 2.78. The molecule has 0 bridgehead atoms. The van der Waals surface area contributed by atoms with Crippen LogP contribution in [0.5, 0.6) is 0 Å². The Labute approximate surface area is 151 Å². The minimum Gasteiger partial charge on any atom is -0.480 e. The summed E-state index contributed by atoms with van der Waals surface area (Å²) in [4.78, 5) is 35.6. The van der Waals surface area contributed by atoms with Gasteiger partial charge >= 0.3 is 5.97 Å². The van der Waals surface area contributed by atoms with Gasteiger partial charge < -0.3 is 15.7 Å². The van der Waals surface area contributed by atoms with Gasteiger partial charge in [0.2, 0.25) is 5.91 Å². The van der Waals surface area contributed by atoms with E-state index in [1.54, 1.807) is 6.07 Å². The average Bonchev–Trinajstić information content (AvgIpc) is 3.31. The largest absolute Gasteiger partial charge is 0.480 e. The summed E-state index contributed by atoms with van der Waals surface area (Å²) < 4.78 is 0. The molecule has 0 aliphatic heterocycles. The van der Waals surface area contributed by atoms with Crippen LogP contribution in [0, 0.1) is 11.8 Å². The monoisotopic (exact) mass is 366 g/mol. The maximum Gasteiger partial charge on any atom is 0.326 e. The molecule has 3 N–H and O–H groups in total. The number of aliphatic carboxylic acids is 1. The second-order valence-corrected chi connectivity index (χ2v) is 7.29. The fourth-order valence-corrected chi connectivity index (χ4v) is 2.71. The Bertz CT molecular complexity index is 671. The number of hydrogen-bond donors (Lipinski definition) is 3. The molecule has 1 fully saturated rings. The second kappa shape index (κ2) is 8.34. The van der Waals surface area contributed by atoms with Crippen molar-refractivity contribution in [3.63, 3.8) is 0 Å². The molecular weight excluding hydrogens is 344 g/mol. The molecule has 1 aromatic carbocycles. The van der Waals surface area contributed by atoms with E-state index in [0.29, 0.717) is 24.4 Å². The number of rotatable bonds is 8. The Morgan fingerprint density at radius 1 is 1.28 bits per heavy atom. The number of carbonyl (C=O) groups excluding carboxylic acids is 2. The van der Waals surface area contributed by atoms with Gasteiger partial charge in [-0.15, -0.1) is 0 Å². The smallest absolute Gasteiger partial charge is 0.326 e. The normalized spacial score (nSPS) is 14.9. The number of halogens is 1. The van der Waals surface area contributed by atoms with Gasteiger partial charge in [0.15, 0.2) is 0 Å². The minimum atomic E-state index is -1.06. The Morgan fingerprint density at radius 3 is 2.52 bits per heavy atom. The van der Waals surface area contributed by atoms with Crippen molar-refractivity contribution >= 4 is 35.1 Å². The predicted molar refractivity (Wildman–Crippen MR) is 95.8 cm³/mol. The van der Waals surface area contributed by atoms with Gasteiger partial charge in [0.1, 0.15) is 6.04 Å². The van der Waals surface area contributed by atoms with Crippen LogP contribution in [-0.4, -0.2) is 28.9 Å². The second-order valence-electron chi connectivity index (χ2n) is 6.88. The van der Waals surface area contributed by atoms with Crippen LogP contribution in [-0.2, 0) is 9.59 Å². The van der Waals surface area contributed by atoms with E-state index in [-0.39, 0.29) is 22.4 Å². The van der Waals surface area contributed by atoms with Gasteiger partial charge in [0, 0.05) is 12.1 Å². The van der Waals surface area contributed by atoms with Gasteiger partial charge in [-0.05, 0) is 36.5 Å². The number of anilines is 1. The number of benzene rings is 1. The molecule has 0 saturated heterocycles. The third-order valence-corrected chi connectivity index (χ3v) is 4.29. The summed E-state index contributed by atoms with van der Waals surface area (Å²) in [5, 5.41) is 14.7. The Morgan fingerprint density at radius 2 is 1.96 bits per heavy atom. The van der Waals surface area contributed by atoms with Crippen molar-refractivity contribution in [3.05, 3.63) is 28.8 Å². The van der Waals surface area contributed by atoms with Gasteiger partial charge in [-0.25, -0.2) is 4.79 Å². The molecule has 1 unspecified atom stereocenters. The zero-order valence-electron chi connectivity index (χ0n) is 14.3. The molecule has 1 aliphatic carbocycles. The molecule has 1 atom stereocenters. The van der Waals surface area contributed by atoms with Crippen molar-refractivity contribution in [2.75, 3.05) is 5.32 Å². The van der Waals surface area contributed by atoms with Crippen molar-refractivity contribution in [1.82, 2.24) is 5.32 Å². The fraction of sp³-hybridized carbons (Fsp3) is 0.500. The van der Waals surface area contributed by atoms with Crippen molar-refractivity contribution in [1.29, 1.82) is 0 Å². The summed E-state index contributed by atoms with van der Waals surface area (Å²) in [6, 6.07) is 3.65. The molecule has 0 radical (unpaired) electrons. The van der Waals surface area contributed by atoms with E-state index in [1.807, 2.05) is 13.8 Å². The summed E-state index contributed by atoms with van der Waals surface area (Å²) in [6.45, 7) is 3.87. The minimum absolute atomic E-state index is 0.145. The number of carboxylic acids is 1. The third kappa shape index (κ3) is 6.05. The highest BCUT2D eigenvalue weighted by Gasteiger charge is 2.30. The van der Waals surface area contributed by atoms with Gasteiger partial charge in [-0.2, -0.15) is 0 Å². The van der Waals surface area contributed by atoms with Gasteiger partial charge in [-0.3, -0.25) is 9.59 Å². The summed E-state index contributed by atoms with van der Waals surface area (Å²) >= 11 is 6.07. The van der Waals surface area contributed by atoms with Crippen LogP contribution in [0.25, 0.3) is 0 Å². The molecule has 1 aliphatic rings. The van der Waals surface area contributed by atoms with Crippen LogP contribution in [0.3, 0.4) is 0 Å². The van der Waals surface area contributed by atoms with Crippen LogP contribution in [0.4, 0.5) is 5.69 Å². The highest BCUT2D eigenvalue weighted by molar-refractivity contribution is 6.34. The molecule has 7 heteroatoms. The number of nitrogens with one attached hydrogen (secondary N) is 2. The van der Waals surface area contributed by atoms with E-state index in [9.17, 15) is 19.5 Å². The maximum absolute atomic E-state index is 12.4. The first-order chi connectivity index (χ1) is 11.8. The van der Waals surface area contributed by atoms with E-state index >= 15 is 0 Å². The first-order valence-corrected chi connectivity index (χ1v) is 8.77. The molecule has 6 nitrogen and oxygen atoms in total. The number of carboxylic acid groups (broad SMARTS) is 1. The fourth-order valence-electron chi connectivity index (χ4n) is 2.50. The average molecular weight is 367 g/mol. The lowest BCUT2D eigenvalue weighted by atomic mass is 10.1. The van der Waals surface area contributed by atoms with E-state index in [1.165, 1.54) is 12.1 Å². The molecule has 0 heterocycles. The maximum atomic E-state index is 12.4. The van der Waals surface area contributed by atoms with E-state index in [0.717, 1.165) is 12.8 Å². The van der Waals surface area contributed by atoms with Gasteiger partial charge in [0.05, 0.1) is 10.6 Å². The first-order valence-electron chi connectivity index (χ1n) is 8.39. The topological polar surface area (TPSA) is 95.5 Å². The van der Waals surface area contributed by atoms with E-state index in [2.05, 4.69) is 10.6 Å². The standard InChI is InChI=1S/C18H23ClN2O4/c1-10(2)7-16(22)20-12-5-6-14(19)13(9-12)17(23)21-15(18(24)25)8-11-3-4-11/h5-6,9-11,15H,3-4,7-8H2,1-2H3,(H,20,22)(H,21,23)(H,24,25). The lowest BCUT2D eigenvalue weighted by Crippen LogP contribution is -2.41. The number of carbonyl (C=O) groups is 3. The molecule has 0 aromatic heterocycles. The molecule has 2 rings (SSSR count). The van der Waals surface area contributed by atoms with Crippen LogP contribution in [0.1, 0.15) is 49.9 Å². The van der Waals surface area contributed by atoms with Crippen LogP contribution in [0.2, 0.25) is 5.02 Å². The van der Waals surface area contributed by atoms with Crippen molar-refractivity contribution in [2.45, 2.75) is 45.6 Å². The lowest BCUT2D eigenvalue weighted by molar-refractivity contribution is -0.139. The Kier molecular flexibility index (Phi) is 6.42. The lowest BCUT2D eigenvalue weighted by Gasteiger charge is -2.15. The number of amides is 2. The van der Waals surface area contributed by atoms with Crippen molar-refractivity contribution in [2.24, 2.45) is 11.8 Å². The molecule has 1 aromatic rings. The van der Waals surface area contributed by atoms with E-state index in [4.69, 9.17) is 11.6 Å². The summed E-state index contributed by atoms with van der Waals surface area (Å²) in [5.74, 6) is -1.19. The Hall–Kier alpha value is -2.08. The van der Waals surface area contributed by atoms with E-state index < -0.39 is 17.9 Å².